The molecule has 1 aliphatic carbocycles. The summed E-state index contributed by atoms with van der Waals surface area (Å²) in [5.41, 5.74) is 3.44. The van der Waals surface area contributed by atoms with Crippen molar-refractivity contribution in [3.8, 4) is 0 Å². The number of hydrogen-bond acceptors (Lipinski definition) is 0. The average molecular weight is 191 g/mol. The maximum atomic E-state index is 2.48. The Labute approximate surface area is 87.1 Å². The Balaban J connectivity index is 2.19. The summed E-state index contributed by atoms with van der Waals surface area (Å²) in [6, 6.07) is 4.46. The SMILES string of the molecule is Cc1ccc(C)n1CC1(C(C)C)CC1. The molecule has 78 valence electrons. The lowest BCUT2D eigenvalue weighted by Crippen LogP contribution is -2.19. The van der Waals surface area contributed by atoms with Crippen LogP contribution in [0.4, 0.5) is 0 Å². The van der Waals surface area contributed by atoms with Crippen LogP contribution in [0.5, 0.6) is 0 Å². The van der Waals surface area contributed by atoms with E-state index in [2.05, 4.69) is 44.4 Å². The molecule has 0 atom stereocenters. The lowest BCUT2D eigenvalue weighted by molar-refractivity contribution is 0.305. The predicted octanol–water partition coefficient (Wildman–Crippen LogP) is 3.54. The van der Waals surface area contributed by atoms with Crippen molar-refractivity contribution in [2.24, 2.45) is 11.3 Å². The van der Waals surface area contributed by atoms with Crippen molar-refractivity contribution in [3.63, 3.8) is 0 Å². The summed E-state index contributed by atoms with van der Waals surface area (Å²) in [4.78, 5) is 0. The molecule has 1 aliphatic rings. The van der Waals surface area contributed by atoms with Crippen LogP contribution in [0.25, 0.3) is 0 Å². The number of rotatable bonds is 3. The van der Waals surface area contributed by atoms with Crippen LogP contribution < -0.4 is 0 Å². The molecule has 1 fully saturated rings. The van der Waals surface area contributed by atoms with Gasteiger partial charge in [0.15, 0.2) is 0 Å². The van der Waals surface area contributed by atoms with Crippen molar-refractivity contribution in [3.05, 3.63) is 23.5 Å². The fourth-order valence-corrected chi connectivity index (χ4v) is 2.34. The van der Waals surface area contributed by atoms with Gasteiger partial charge in [0.1, 0.15) is 0 Å². The first-order valence-corrected chi connectivity index (χ1v) is 5.68. The Hall–Kier alpha value is -0.720. The van der Waals surface area contributed by atoms with Crippen molar-refractivity contribution in [1.29, 1.82) is 0 Å². The van der Waals surface area contributed by atoms with Gasteiger partial charge < -0.3 is 4.57 Å². The molecule has 0 bridgehead atoms. The molecule has 0 N–H and O–H groups in total. The zero-order valence-electron chi connectivity index (χ0n) is 9.80. The van der Waals surface area contributed by atoms with Gasteiger partial charge in [-0.1, -0.05) is 13.8 Å². The minimum Gasteiger partial charge on any atom is -0.349 e. The minimum atomic E-state index is 0.620. The topological polar surface area (TPSA) is 4.93 Å². The van der Waals surface area contributed by atoms with Gasteiger partial charge in [-0.3, -0.25) is 0 Å². The molecule has 14 heavy (non-hydrogen) atoms. The van der Waals surface area contributed by atoms with E-state index in [0.717, 1.165) is 5.92 Å². The van der Waals surface area contributed by atoms with Gasteiger partial charge in [0, 0.05) is 17.9 Å². The second-order valence-electron chi connectivity index (χ2n) is 5.22. The maximum Gasteiger partial charge on any atom is 0.0283 e. The fourth-order valence-electron chi connectivity index (χ4n) is 2.34. The van der Waals surface area contributed by atoms with Crippen molar-refractivity contribution >= 4 is 0 Å². The van der Waals surface area contributed by atoms with E-state index >= 15 is 0 Å². The predicted molar refractivity (Wildman–Crippen MR) is 60.4 cm³/mol. The van der Waals surface area contributed by atoms with Crippen LogP contribution in [0.2, 0.25) is 0 Å². The maximum absolute atomic E-state index is 2.48. The summed E-state index contributed by atoms with van der Waals surface area (Å²) in [5, 5.41) is 0. The summed E-state index contributed by atoms with van der Waals surface area (Å²) in [5.74, 6) is 0.823. The van der Waals surface area contributed by atoms with Gasteiger partial charge in [0.05, 0.1) is 0 Å². The molecule has 1 aromatic heterocycles. The van der Waals surface area contributed by atoms with Crippen molar-refractivity contribution in [2.45, 2.75) is 47.1 Å². The van der Waals surface area contributed by atoms with Crippen LogP contribution in [0.3, 0.4) is 0 Å². The monoisotopic (exact) mass is 191 g/mol. The van der Waals surface area contributed by atoms with E-state index in [9.17, 15) is 0 Å². The third-order valence-corrected chi connectivity index (χ3v) is 4.01. The molecule has 0 aliphatic heterocycles. The lowest BCUT2D eigenvalue weighted by Gasteiger charge is -2.22. The molecule has 1 nitrogen and oxygen atoms in total. The van der Waals surface area contributed by atoms with Crippen molar-refractivity contribution in [2.75, 3.05) is 0 Å². The molecule has 0 spiro atoms. The van der Waals surface area contributed by atoms with Crippen LogP contribution in [0.1, 0.15) is 38.1 Å². The van der Waals surface area contributed by atoms with Gasteiger partial charge in [0.25, 0.3) is 0 Å². The van der Waals surface area contributed by atoms with Gasteiger partial charge in [-0.15, -0.1) is 0 Å². The zero-order chi connectivity index (χ0) is 10.3. The van der Waals surface area contributed by atoms with E-state index in [-0.39, 0.29) is 0 Å². The number of hydrogen-bond donors (Lipinski definition) is 0. The van der Waals surface area contributed by atoms with Crippen LogP contribution in [-0.2, 0) is 6.54 Å². The average Bonchev–Trinajstić information content (AvgIpc) is 2.84. The highest BCUT2D eigenvalue weighted by molar-refractivity contribution is 5.15. The summed E-state index contributed by atoms with van der Waals surface area (Å²) < 4.78 is 2.48. The molecule has 0 saturated heterocycles. The normalized spacial score (nSPS) is 18.9. The third kappa shape index (κ3) is 1.49. The summed E-state index contributed by atoms with van der Waals surface area (Å²) in [6.07, 6.45) is 2.84. The van der Waals surface area contributed by atoms with Gasteiger partial charge >= 0.3 is 0 Å². The highest BCUT2D eigenvalue weighted by Crippen LogP contribution is 2.53. The van der Waals surface area contributed by atoms with E-state index in [0.29, 0.717) is 5.41 Å². The number of aryl methyl sites for hydroxylation is 2. The first-order valence-electron chi connectivity index (χ1n) is 5.68. The molecule has 1 heterocycles. The second kappa shape index (κ2) is 3.15. The Morgan fingerprint density at radius 2 is 1.71 bits per heavy atom. The summed E-state index contributed by atoms with van der Waals surface area (Å²) in [7, 11) is 0. The van der Waals surface area contributed by atoms with Gasteiger partial charge in [-0.25, -0.2) is 0 Å². The zero-order valence-corrected chi connectivity index (χ0v) is 9.80. The second-order valence-corrected chi connectivity index (χ2v) is 5.22. The fraction of sp³-hybridized carbons (Fsp3) is 0.692. The quantitative estimate of drug-likeness (QED) is 0.688. The molecule has 0 amide bonds. The van der Waals surface area contributed by atoms with E-state index in [4.69, 9.17) is 0 Å². The molecule has 1 heteroatoms. The largest absolute Gasteiger partial charge is 0.349 e. The number of nitrogens with zero attached hydrogens (tertiary/aromatic N) is 1. The van der Waals surface area contributed by atoms with Gasteiger partial charge in [0.2, 0.25) is 0 Å². The van der Waals surface area contributed by atoms with Gasteiger partial charge in [-0.2, -0.15) is 0 Å². The van der Waals surface area contributed by atoms with Crippen LogP contribution >= 0.6 is 0 Å². The third-order valence-electron chi connectivity index (χ3n) is 4.01. The van der Waals surface area contributed by atoms with Crippen molar-refractivity contribution in [1.82, 2.24) is 4.57 Å². The van der Waals surface area contributed by atoms with Crippen LogP contribution in [0.15, 0.2) is 12.1 Å². The Kier molecular flexibility index (Phi) is 2.21. The standard InChI is InChI=1S/C13H21N/c1-10(2)13(7-8-13)9-14-11(3)5-6-12(14)4/h5-6,10H,7-9H2,1-4H3. The first kappa shape index (κ1) is 9.82. The highest BCUT2D eigenvalue weighted by atomic mass is 15.0. The van der Waals surface area contributed by atoms with E-state index in [1.807, 2.05) is 0 Å². The molecule has 0 aromatic carbocycles. The Morgan fingerprint density at radius 3 is 2.07 bits per heavy atom. The lowest BCUT2D eigenvalue weighted by atomic mass is 9.92. The molecule has 1 saturated carbocycles. The minimum absolute atomic E-state index is 0.620. The first-order chi connectivity index (χ1) is 6.55. The Bertz CT molecular complexity index is 310. The van der Waals surface area contributed by atoms with Crippen molar-refractivity contribution < 1.29 is 0 Å². The molecule has 2 rings (SSSR count). The molecule has 0 radical (unpaired) electrons. The number of aromatic nitrogens is 1. The van der Waals surface area contributed by atoms with Gasteiger partial charge in [-0.05, 0) is 50.2 Å². The smallest absolute Gasteiger partial charge is 0.0283 e. The van der Waals surface area contributed by atoms with Crippen LogP contribution in [0, 0.1) is 25.2 Å². The molecular weight excluding hydrogens is 170 g/mol. The van der Waals surface area contributed by atoms with E-state index in [1.165, 1.54) is 30.8 Å². The molecule has 0 unspecified atom stereocenters. The van der Waals surface area contributed by atoms with Crippen LogP contribution in [-0.4, -0.2) is 4.57 Å². The molecular formula is C13H21N. The summed E-state index contributed by atoms with van der Waals surface area (Å²) in [6.45, 7) is 10.4. The Morgan fingerprint density at radius 1 is 1.21 bits per heavy atom. The van der Waals surface area contributed by atoms with E-state index < -0.39 is 0 Å². The molecule has 1 aromatic rings. The summed E-state index contributed by atoms with van der Waals surface area (Å²) >= 11 is 0. The van der Waals surface area contributed by atoms with E-state index in [1.54, 1.807) is 0 Å². The highest BCUT2D eigenvalue weighted by Gasteiger charge is 2.45.